The molecular formula is C18H20N4O3. The van der Waals surface area contributed by atoms with E-state index in [0.29, 0.717) is 28.6 Å². The molecule has 0 saturated carbocycles. The van der Waals surface area contributed by atoms with E-state index in [4.69, 9.17) is 8.94 Å². The van der Waals surface area contributed by atoms with E-state index < -0.39 is 0 Å². The zero-order valence-electron chi connectivity index (χ0n) is 14.7. The normalized spacial score (nSPS) is 11.5. The molecule has 0 bridgehead atoms. The highest BCUT2D eigenvalue weighted by molar-refractivity contribution is 5.99. The summed E-state index contributed by atoms with van der Waals surface area (Å²) in [5, 5.41) is 6.85. The lowest BCUT2D eigenvalue weighted by molar-refractivity contribution is 0.0948. The van der Waals surface area contributed by atoms with Crippen molar-refractivity contribution in [2.24, 2.45) is 0 Å². The van der Waals surface area contributed by atoms with Gasteiger partial charge in [-0.1, -0.05) is 38.1 Å². The third-order valence-corrected chi connectivity index (χ3v) is 3.75. The molecular weight excluding hydrogens is 320 g/mol. The molecule has 1 N–H and O–H groups in total. The number of hydrogen-bond donors (Lipinski definition) is 1. The van der Waals surface area contributed by atoms with Gasteiger partial charge in [-0.15, -0.1) is 0 Å². The summed E-state index contributed by atoms with van der Waals surface area (Å²) in [6, 6.07) is 7.13. The molecule has 7 heteroatoms. The lowest BCUT2D eigenvalue weighted by atomic mass is 9.96. The minimum absolute atomic E-state index is 0.233. The summed E-state index contributed by atoms with van der Waals surface area (Å²) in [5.41, 5.74) is 1.57. The maximum Gasteiger partial charge on any atom is 0.258 e. The van der Waals surface area contributed by atoms with Crippen LogP contribution in [0.2, 0.25) is 0 Å². The van der Waals surface area contributed by atoms with Gasteiger partial charge in [0, 0.05) is 5.41 Å². The Morgan fingerprint density at radius 1 is 1.24 bits per heavy atom. The van der Waals surface area contributed by atoms with E-state index in [0.717, 1.165) is 5.69 Å². The highest BCUT2D eigenvalue weighted by atomic mass is 16.5. The van der Waals surface area contributed by atoms with Crippen LogP contribution in [0.3, 0.4) is 0 Å². The first kappa shape index (κ1) is 16.9. The largest absolute Gasteiger partial charge is 0.446 e. The molecule has 0 aliphatic carbocycles. The van der Waals surface area contributed by atoms with E-state index in [1.54, 1.807) is 18.2 Å². The quantitative estimate of drug-likeness (QED) is 0.783. The molecule has 2 heterocycles. The summed E-state index contributed by atoms with van der Waals surface area (Å²) >= 11 is 0. The van der Waals surface area contributed by atoms with Crippen molar-refractivity contribution in [2.75, 3.05) is 0 Å². The maximum atomic E-state index is 12.6. The molecule has 1 amide bonds. The molecule has 0 fully saturated rings. The molecule has 0 unspecified atom stereocenters. The zero-order valence-corrected chi connectivity index (χ0v) is 14.7. The number of hydrogen-bond acceptors (Lipinski definition) is 6. The van der Waals surface area contributed by atoms with Crippen molar-refractivity contribution >= 4 is 5.91 Å². The van der Waals surface area contributed by atoms with Crippen LogP contribution in [0.4, 0.5) is 0 Å². The van der Waals surface area contributed by atoms with Gasteiger partial charge in [0.1, 0.15) is 5.76 Å². The Bertz CT molecular complexity index is 890. The first-order valence-corrected chi connectivity index (χ1v) is 7.97. The van der Waals surface area contributed by atoms with E-state index in [2.05, 4.69) is 20.4 Å². The molecule has 130 valence electrons. The van der Waals surface area contributed by atoms with Crippen LogP contribution in [-0.2, 0) is 12.0 Å². The molecule has 3 aromatic rings. The molecule has 0 atom stereocenters. The number of aromatic nitrogens is 3. The first-order chi connectivity index (χ1) is 11.9. The molecule has 0 radical (unpaired) electrons. The monoisotopic (exact) mass is 340 g/mol. The van der Waals surface area contributed by atoms with Gasteiger partial charge in [-0.3, -0.25) is 4.79 Å². The van der Waals surface area contributed by atoms with Gasteiger partial charge in [0.25, 0.3) is 11.8 Å². The molecule has 0 aliphatic heterocycles. The fourth-order valence-electron chi connectivity index (χ4n) is 2.26. The minimum atomic E-state index is -0.248. The Hall–Kier alpha value is -2.96. The number of benzene rings is 1. The smallest absolute Gasteiger partial charge is 0.258 e. The van der Waals surface area contributed by atoms with Gasteiger partial charge in [0.05, 0.1) is 23.4 Å². The number of oxazole rings is 1. The van der Waals surface area contributed by atoms with Crippen molar-refractivity contribution in [2.45, 2.75) is 39.7 Å². The summed E-state index contributed by atoms with van der Waals surface area (Å²) < 4.78 is 10.6. The first-order valence-electron chi connectivity index (χ1n) is 7.97. The standard InChI is InChI=1S/C18H20N4O3/c1-11-14(24-10-20-11)9-19-15(23)12-7-5-6-8-13(12)16-21-17(22-25-16)18(2,3)4/h5-8,10H,9H2,1-4H3,(H,19,23). The van der Waals surface area contributed by atoms with Crippen LogP contribution < -0.4 is 5.32 Å². The third kappa shape index (κ3) is 3.60. The SMILES string of the molecule is Cc1ncoc1CNC(=O)c1ccccc1-c1nc(C(C)(C)C)no1. The molecule has 3 rings (SSSR count). The predicted molar refractivity (Wildman–Crippen MR) is 90.8 cm³/mol. The Kier molecular flexibility index (Phi) is 4.39. The molecule has 7 nitrogen and oxygen atoms in total. The van der Waals surface area contributed by atoms with Gasteiger partial charge in [-0.2, -0.15) is 4.98 Å². The van der Waals surface area contributed by atoms with Gasteiger partial charge in [-0.25, -0.2) is 4.98 Å². The highest BCUT2D eigenvalue weighted by Crippen LogP contribution is 2.26. The van der Waals surface area contributed by atoms with Crippen molar-refractivity contribution in [3.05, 3.63) is 53.5 Å². The summed E-state index contributed by atoms with van der Waals surface area (Å²) in [6.07, 6.45) is 1.36. The maximum absolute atomic E-state index is 12.6. The summed E-state index contributed by atoms with van der Waals surface area (Å²) in [7, 11) is 0. The number of aryl methyl sites for hydroxylation is 1. The Morgan fingerprint density at radius 3 is 2.64 bits per heavy atom. The van der Waals surface area contributed by atoms with Crippen molar-refractivity contribution < 1.29 is 13.7 Å². The molecule has 2 aromatic heterocycles. The Labute approximate surface area is 145 Å². The van der Waals surface area contributed by atoms with Crippen LogP contribution >= 0.6 is 0 Å². The molecule has 25 heavy (non-hydrogen) atoms. The average molecular weight is 340 g/mol. The molecule has 0 aliphatic rings. The topological polar surface area (TPSA) is 94.1 Å². The number of carbonyl (C=O) groups is 1. The van der Waals surface area contributed by atoms with Crippen molar-refractivity contribution in [1.29, 1.82) is 0 Å². The number of rotatable bonds is 4. The zero-order chi connectivity index (χ0) is 18.0. The number of nitrogens with zero attached hydrogens (tertiary/aromatic N) is 3. The number of carbonyl (C=O) groups excluding carboxylic acids is 1. The second-order valence-corrected chi connectivity index (χ2v) is 6.76. The van der Waals surface area contributed by atoms with Gasteiger partial charge in [-0.05, 0) is 19.1 Å². The van der Waals surface area contributed by atoms with Crippen LogP contribution in [0.5, 0.6) is 0 Å². The van der Waals surface area contributed by atoms with Gasteiger partial charge < -0.3 is 14.3 Å². The van der Waals surface area contributed by atoms with Crippen LogP contribution in [0.15, 0.2) is 39.6 Å². The molecule has 1 aromatic carbocycles. The van der Waals surface area contributed by atoms with Gasteiger partial charge in [0.15, 0.2) is 12.2 Å². The summed E-state index contributed by atoms with van der Waals surface area (Å²) in [5.74, 6) is 1.29. The van der Waals surface area contributed by atoms with E-state index in [1.165, 1.54) is 6.39 Å². The van der Waals surface area contributed by atoms with E-state index in [1.807, 2.05) is 33.8 Å². The number of nitrogens with one attached hydrogen (secondary N) is 1. The van der Waals surface area contributed by atoms with E-state index >= 15 is 0 Å². The molecule has 0 saturated heterocycles. The molecule has 0 spiro atoms. The summed E-state index contributed by atoms with van der Waals surface area (Å²) in [4.78, 5) is 21.0. The predicted octanol–water partition coefficient (Wildman–Crippen LogP) is 3.26. The number of amides is 1. The van der Waals surface area contributed by atoms with E-state index in [-0.39, 0.29) is 17.9 Å². The average Bonchev–Trinajstić information content (AvgIpc) is 3.21. The van der Waals surface area contributed by atoms with Crippen LogP contribution in [0.25, 0.3) is 11.5 Å². The minimum Gasteiger partial charge on any atom is -0.446 e. The van der Waals surface area contributed by atoms with Crippen molar-refractivity contribution in [3.63, 3.8) is 0 Å². The van der Waals surface area contributed by atoms with Crippen LogP contribution in [0, 0.1) is 6.92 Å². The van der Waals surface area contributed by atoms with Crippen LogP contribution in [-0.4, -0.2) is 21.0 Å². The fraction of sp³-hybridized carbons (Fsp3) is 0.333. The fourth-order valence-corrected chi connectivity index (χ4v) is 2.26. The van der Waals surface area contributed by atoms with E-state index in [9.17, 15) is 4.79 Å². The second-order valence-electron chi connectivity index (χ2n) is 6.76. The lowest BCUT2D eigenvalue weighted by Gasteiger charge is -2.11. The Balaban J connectivity index is 1.84. The summed E-state index contributed by atoms with van der Waals surface area (Å²) in [6.45, 7) is 8.08. The van der Waals surface area contributed by atoms with Gasteiger partial charge >= 0.3 is 0 Å². The van der Waals surface area contributed by atoms with Gasteiger partial charge in [0.2, 0.25) is 0 Å². The van der Waals surface area contributed by atoms with Crippen LogP contribution in [0.1, 0.15) is 48.4 Å². The van der Waals surface area contributed by atoms with Crippen molar-refractivity contribution in [1.82, 2.24) is 20.4 Å². The lowest BCUT2D eigenvalue weighted by Crippen LogP contribution is -2.23. The van der Waals surface area contributed by atoms with Crippen molar-refractivity contribution in [3.8, 4) is 11.5 Å². The third-order valence-electron chi connectivity index (χ3n) is 3.75. The highest BCUT2D eigenvalue weighted by Gasteiger charge is 2.23. The Morgan fingerprint density at radius 2 is 2.00 bits per heavy atom. The second kappa shape index (κ2) is 6.51.